The average molecular weight is 351 g/mol. The highest BCUT2D eigenvalue weighted by Crippen LogP contribution is 2.12. The van der Waals surface area contributed by atoms with Crippen LogP contribution in [0, 0.1) is 0 Å². The van der Waals surface area contributed by atoms with Gasteiger partial charge in [0.2, 0.25) is 5.88 Å². The normalized spacial score (nSPS) is 10.5. The highest BCUT2D eigenvalue weighted by Gasteiger charge is 2.03. The van der Waals surface area contributed by atoms with Gasteiger partial charge in [0.05, 0.1) is 18.5 Å². The van der Waals surface area contributed by atoms with Gasteiger partial charge in [0, 0.05) is 11.8 Å². The minimum atomic E-state index is -0.00845. The van der Waals surface area contributed by atoms with Crippen LogP contribution in [0.1, 0.15) is 17.0 Å². The summed E-state index contributed by atoms with van der Waals surface area (Å²) in [5.41, 5.74) is 2.93. The van der Waals surface area contributed by atoms with Crippen LogP contribution in [-0.2, 0) is 19.4 Å². The number of ether oxygens (including phenoxy) is 2. The number of aliphatic hydroxyl groups excluding tert-OH is 1. The van der Waals surface area contributed by atoms with E-state index in [1.807, 2.05) is 54.6 Å². The first-order valence-electron chi connectivity index (χ1n) is 8.51. The molecule has 0 aliphatic carbocycles. The Morgan fingerprint density at radius 1 is 0.808 bits per heavy atom. The summed E-state index contributed by atoms with van der Waals surface area (Å²) in [7, 11) is 0. The predicted molar refractivity (Wildman–Crippen MR) is 97.0 cm³/mol. The molecule has 3 aromatic rings. The summed E-state index contributed by atoms with van der Waals surface area (Å²) in [6.07, 6.45) is 3.17. The van der Waals surface area contributed by atoms with Crippen LogP contribution in [0.5, 0.6) is 11.6 Å². The van der Waals surface area contributed by atoms with E-state index in [2.05, 4.69) is 15.2 Å². The van der Waals surface area contributed by atoms with Crippen LogP contribution >= 0.6 is 0 Å². The smallest absolute Gasteiger partial charge is 0.233 e. The summed E-state index contributed by atoms with van der Waals surface area (Å²) >= 11 is 0. The van der Waals surface area contributed by atoms with Crippen LogP contribution in [0.2, 0.25) is 0 Å². The quantitative estimate of drug-likeness (QED) is 0.638. The predicted octanol–water partition coefficient (Wildman–Crippen LogP) is 2.61. The van der Waals surface area contributed by atoms with Gasteiger partial charge in [-0.15, -0.1) is 5.10 Å². The number of nitrogens with zero attached hydrogens (tertiary/aromatic N) is 3. The third-order valence-electron chi connectivity index (χ3n) is 3.72. The van der Waals surface area contributed by atoms with Crippen molar-refractivity contribution in [3.05, 3.63) is 77.7 Å². The molecule has 3 rings (SSSR count). The zero-order valence-corrected chi connectivity index (χ0v) is 14.4. The van der Waals surface area contributed by atoms with Gasteiger partial charge in [0.15, 0.2) is 0 Å². The third kappa shape index (κ3) is 5.53. The number of pyridine rings is 1. The standard InChI is InChI=1S/C20H21N3O3/c24-12-13-25-19-10-8-17(21-14-19)6-7-18-9-11-20(23-22-18)26-15-16-4-2-1-3-5-16/h1-5,8-11,14,24H,6-7,12-13,15H2. The highest BCUT2D eigenvalue weighted by molar-refractivity contribution is 5.21. The molecule has 2 heterocycles. The molecular weight excluding hydrogens is 330 g/mol. The van der Waals surface area contributed by atoms with E-state index in [9.17, 15) is 0 Å². The Morgan fingerprint density at radius 2 is 1.62 bits per heavy atom. The number of aryl methyl sites for hydroxylation is 2. The SMILES string of the molecule is OCCOc1ccc(CCc2ccc(OCc3ccccc3)nn2)nc1. The van der Waals surface area contributed by atoms with Gasteiger partial charge in [-0.3, -0.25) is 4.98 Å². The fourth-order valence-electron chi connectivity index (χ4n) is 2.35. The molecule has 0 unspecified atom stereocenters. The molecule has 0 radical (unpaired) electrons. The highest BCUT2D eigenvalue weighted by atomic mass is 16.5. The second-order valence-corrected chi connectivity index (χ2v) is 5.69. The van der Waals surface area contributed by atoms with E-state index in [4.69, 9.17) is 14.6 Å². The van der Waals surface area contributed by atoms with Gasteiger partial charge in [-0.1, -0.05) is 30.3 Å². The maximum Gasteiger partial charge on any atom is 0.233 e. The molecule has 0 aliphatic rings. The molecule has 0 atom stereocenters. The summed E-state index contributed by atoms with van der Waals surface area (Å²) in [6, 6.07) is 17.5. The molecule has 134 valence electrons. The maximum absolute atomic E-state index is 8.74. The van der Waals surface area contributed by atoms with Gasteiger partial charge in [-0.05, 0) is 36.6 Å². The molecule has 0 spiro atoms. The first kappa shape index (κ1) is 17.8. The van der Waals surface area contributed by atoms with Crippen molar-refractivity contribution in [1.29, 1.82) is 0 Å². The van der Waals surface area contributed by atoms with E-state index in [0.717, 1.165) is 29.8 Å². The summed E-state index contributed by atoms with van der Waals surface area (Å²) in [6.45, 7) is 0.740. The number of aromatic nitrogens is 3. The van der Waals surface area contributed by atoms with E-state index in [-0.39, 0.29) is 13.2 Å². The van der Waals surface area contributed by atoms with Gasteiger partial charge < -0.3 is 14.6 Å². The third-order valence-corrected chi connectivity index (χ3v) is 3.72. The van der Waals surface area contributed by atoms with E-state index in [1.54, 1.807) is 6.20 Å². The molecule has 0 saturated carbocycles. The van der Waals surface area contributed by atoms with E-state index in [1.165, 1.54) is 0 Å². The number of aliphatic hydroxyl groups is 1. The monoisotopic (exact) mass is 351 g/mol. The van der Waals surface area contributed by atoms with Crippen molar-refractivity contribution < 1.29 is 14.6 Å². The number of hydrogen-bond acceptors (Lipinski definition) is 6. The molecule has 6 heteroatoms. The lowest BCUT2D eigenvalue weighted by molar-refractivity contribution is 0.201. The van der Waals surface area contributed by atoms with E-state index < -0.39 is 0 Å². The number of benzene rings is 1. The molecular formula is C20H21N3O3. The van der Waals surface area contributed by atoms with Gasteiger partial charge >= 0.3 is 0 Å². The van der Waals surface area contributed by atoms with Crippen LogP contribution in [-0.4, -0.2) is 33.5 Å². The zero-order valence-electron chi connectivity index (χ0n) is 14.4. The maximum atomic E-state index is 8.74. The topological polar surface area (TPSA) is 77.4 Å². The van der Waals surface area contributed by atoms with Gasteiger partial charge in [-0.25, -0.2) is 0 Å². The molecule has 6 nitrogen and oxygen atoms in total. The van der Waals surface area contributed by atoms with E-state index in [0.29, 0.717) is 18.2 Å². The van der Waals surface area contributed by atoms with Gasteiger partial charge in [-0.2, -0.15) is 5.10 Å². The number of rotatable bonds is 9. The average Bonchev–Trinajstić information content (AvgIpc) is 2.71. The van der Waals surface area contributed by atoms with Crippen LogP contribution in [0.3, 0.4) is 0 Å². The van der Waals surface area contributed by atoms with Crippen molar-refractivity contribution in [2.75, 3.05) is 13.2 Å². The second-order valence-electron chi connectivity index (χ2n) is 5.69. The molecule has 0 bridgehead atoms. The summed E-state index contributed by atoms with van der Waals surface area (Å²) in [4.78, 5) is 4.35. The van der Waals surface area contributed by atoms with Crippen LogP contribution in [0.4, 0.5) is 0 Å². The Bertz CT molecular complexity index is 778. The van der Waals surface area contributed by atoms with Crippen molar-refractivity contribution in [2.45, 2.75) is 19.4 Å². The Labute approximate surface area is 152 Å². The molecule has 0 saturated heterocycles. The fourth-order valence-corrected chi connectivity index (χ4v) is 2.35. The second kappa shape index (κ2) is 9.48. The van der Waals surface area contributed by atoms with Gasteiger partial charge in [0.25, 0.3) is 0 Å². The summed E-state index contributed by atoms with van der Waals surface area (Å²) in [5.74, 6) is 1.17. The molecule has 2 aromatic heterocycles. The Hall–Kier alpha value is -2.99. The van der Waals surface area contributed by atoms with Crippen molar-refractivity contribution in [2.24, 2.45) is 0 Å². The van der Waals surface area contributed by atoms with Crippen LogP contribution in [0.15, 0.2) is 60.8 Å². The lowest BCUT2D eigenvalue weighted by atomic mass is 10.1. The lowest BCUT2D eigenvalue weighted by Gasteiger charge is -2.06. The molecule has 26 heavy (non-hydrogen) atoms. The summed E-state index contributed by atoms with van der Waals surface area (Å²) < 4.78 is 10.9. The van der Waals surface area contributed by atoms with Crippen molar-refractivity contribution >= 4 is 0 Å². The molecule has 1 aromatic carbocycles. The van der Waals surface area contributed by atoms with Crippen molar-refractivity contribution in [3.63, 3.8) is 0 Å². The minimum absolute atomic E-state index is 0.00845. The Kier molecular flexibility index (Phi) is 6.50. The van der Waals surface area contributed by atoms with E-state index >= 15 is 0 Å². The zero-order chi connectivity index (χ0) is 18.0. The van der Waals surface area contributed by atoms with Gasteiger partial charge in [0.1, 0.15) is 19.0 Å². The number of hydrogen-bond donors (Lipinski definition) is 1. The molecule has 1 N–H and O–H groups in total. The molecule has 0 amide bonds. The Balaban J connectivity index is 1.46. The van der Waals surface area contributed by atoms with Crippen molar-refractivity contribution in [3.8, 4) is 11.6 Å². The Morgan fingerprint density at radius 3 is 2.31 bits per heavy atom. The van der Waals surface area contributed by atoms with Crippen molar-refractivity contribution in [1.82, 2.24) is 15.2 Å². The molecule has 0 aliphatic heterocycles. The molecule has 0 fully saturated rings. The minimum Gasteiger partial charge on any atom is -0.490 e. The van der Waals surface area contributed by atoms with Crippen LogP contribution in [0.25, 0.3) is 0 Å². The fraction of sp³-hybridized carbons (Fsp3) is 0.250. The largest absolute Gasteiger partial charge is 0.490 e. The summed E-state index contributed by atoms with van der Waals surface area (Å²) in [5, 5.41) is 17.1. The van der Waals surface area contributed by atoms with Crippen LogP contribution < -0.4 is 9.47 Å². The first-order valence-corrected chi connectivity index (χ1v) is 8.51. The first-order chi connectivity index (χ1) is 12.8. The lowest BCUT2D eigenvalue weighted by Crippen LogP contribution is -2.03.